The van der Waals surface area contributed by atoms with Crippen molar-refractivity contribution < 1.29 is 4.79 Å². The lowest BCUT2D eigenvalue weighted by Crippen LogP contribution is -2.56. The molecule has 3 heterocycles. The second-order valence-electron chi connectivity index (χ2n) is 11.5. The molecule has 0 radical (unpaired) electrons. The molecule has 2 aromatic rings. The number of aromatic nitrogens is 2. The van der Waals surface area contributed by atoms with Crippen LogP contribution in [0, 0.1) is 30.1 Å². The third-order valence-electron chi connectivity index (χ3n) is 8.95. The fraction of sp³-hybridized carbons (Fsp3) is 0.548. The van der Waals surface area contributed by atoms with Gasteiger partial charge in [-0.3, -0.25) is 9.78 Å². The van der Waals surface area contributed by atoms with Crippen LogP contribution in [-0.4, -0.2) is 46.5 Å². The van der Waals surface area contributed by atoms with Crippen molar-refractivity contribution in [3.05, 3.63) is 47.4 Å². The summed E-state index contributed by atoms with van der Waals surface area (Å²) < 4.78 is 0. The van der Waals surface area contributed by atoms with Gasteiger partial charge in [-0.2, -0.15) is 5.26 Å². The number of anilines is 1. The highest BCUT2D eigenvalue weighted by Crippen LogP contribution is 2.47. The van der Waals surface area contributed by atoms with E-state index in [1.807, 2.05) is 18.3 Å². The van der Waals surface area contributed by atoms with Crippen LogP contribution in [0.5, 0.6) is 0 Å². The van der Waals surface area contributed by atoms with Crippen LogP contribution in [0.2, 0.25) is 0 Å². The van der Waals surface area contributed by atoms with Crippen molar-refractivity contribution in [3.8, 4) is 17.2 Å². The molecule has 0 unspecified atom stereocenters. The molecule has 37 heavy (non-hydrogen) atoms. The molecule has 4 aliphatic rings. The molecule has 192 valence electrons. The summed E-state index contributed by atoms with van der Waals surface area (Å²) in [6.07, 6.45) is 13.9. The molecular formula is C31H37N5O. The first-order valence-electron chi connectivity index (χ1n) is 14.1. The molecule has 6 heteroatoms. The van der Waals surface area contributed by atoms with E-state index in [-0.39, 0.29) is 6.04 Å². The average molecular weight is 496 g/mol. The molecule has 1 atom stereocenters. The van der Waals surface area contributed by atoms with E-state index >= 15 is 0 Å². The number of hydrogen-bond acceptors (Lipinski definition) is 5. The Labute approximate surface area is 220 Å². The molecule has 6 nitrogen and oxygen atoms in total. The summed E-state index contributed by atoms with van der Waals surface area (Å²) in [4.78, 5) is 27.5. The molecular weight excluding hydrogens is 458 g/mol. The maximum atomic E-state index is 13.3. The van der Waals surface area contributed by atoms with Gasteiger partial charge >= 0.3 is 0 Å². The summed E-state index contributed by atoms with van der Waals surface area (Å²) in [5.41, 5.74) is 5.73. The van der Waals surface area contributed by atoms with Crippen molar-refractivity contribution in [2.75, 3.05) is 24.5 Å². The van der Waals surface area contributed by atoms with Crippen molar-refractivity contribution >= 4 is 17.8 Å². The van der Waals surface area contributed by atoms with Crippen molar-refractivity contribution in [2.45, 2.75) is 76.7 Å². The van der Waals surface area contributed by atoms with E-state index < -0.39 is 0 Å². The minimum absolute atomic E-state index is 0.232. The molecule has 0 bridgehead atoms. The summed E-state index contributed by atoms with van der Waals surface area (Å²) in [5.74, 6) is 2.76. The van der Waals surface area contributed by atoms with Gasteiger partial charge in [0, 0.05) is 43.7 Å². The van der Waals surface area contributed by atoms with E-state index in [9.17, 15) is 10.1 Å². The standard InChI is InChI=1S/C31H37N5O/c1-3-25-17-24(12-13-33-25)29-20(2)26(18-32)31(34-30(29)23-10-11-23)35-14-15-36(27(19-35)22-8-9-22)28(37)16-21-6-4-5-7-21/h3,12-13,17,21-23,27H,1,4-11,14-16,19H2,2H3/t27-/m0/s1. The van der Waals surface area contributed by atoms with Gasteiger partial charge in [0.05, 0.1) is 23.0 Å². The average Bonchev–Trinajstić information content (AvgIpc) is 3.86. The predicted molar refractivity (Wildman–Crippen MR) is 146 cm³/mol. The zero-order chi connectivity index (χ0) is 25.5. The van der Waals surface area contributed by atoms with E-state index in [1.54, 1.807) is 6.08 Å². The molecule has 2 aromatic heterocycles. The van der Waals surface area contributed by atoms with Gasteiger partial charge in [-0.05, 0) is 86.6 Å². The maximum Gasteiger partial charge on any atom is 0.223 e. The number of hydrogen-bond donors (Lipinski definition) is 0. The van der Waals surface area contributed by atoms with Crippen molar-refractivity contribution in [1.82, 2.24) is 14.9 Å². The Morgan fingerprint density at radius 1 is 1.19 bits per heavy atom. The summed E-state index contributed by atoms with van der Waals surface area (Å²) in [6.45, 7) is 8.19. The van der Waals surface area contributed by atoms with Crippen molar-refractivity contribution in [1.29, 1.82) is 5.26 Å². The SMILES string of the molecule is C=Cc1cc(-c2c(C3CC3)nc(N3CCN(C(=O)CC4CCCC4)[C@H](C4CC4)C3)c(C#N)c2C)ccn1. The van der Waals surface area contributed by atoms with E-state index in [1.165, 1.54) is 38.5 Å². The summed E-state index contributed by atoms with van der Waals surface area (Å²) >= 11 is 0. The lowest BCUT2D eigenvalue weighted by atomic mass is 9.93. The Morgan fingerprint density at radius 3 is 2.65 bits per heavy atom. The van der Waals surface area contributed by atoms with Gasteiger partial charge in [0.25, 0.3) is 0 Å². The smallest absolute Gasteiger partial charge is 0.223 e. The second kappa shape index (κ2) is 9.93. The second-order valence-corrected chi connectivity index (χ2v) is 11.5. The van der Waals surface area contributed by atoms with Crippen LogP contribution in [0.25, 0.3) is 17.2 Å². The van der Waals surface area contributed by atoms with E-state index in [0.29, 0.717) is 35.6 Å². The predicted octanol–water partition coefficient (Wildman–Crippen LogP) is 5.85. The van der Waals surface area contributed by atoms with Gasteiger partial charge in [0.15, 0.2) is 0 Å². The van der Waals surface area contributed by atoms with Gasteiger partial charge in [-0.1, -0.05) is 19.4 Å². The molecule has 3 aliphatic carbocycles. The highest BCUT2D eigenvalue weighted by atomic mass is 16.2. The molecule has 3 saturated carbocycles. The number of piperazine rings is 1. The Hall–Kier alpha value is -3.20. The van der Waals surface area contributed by atoms with E-state index in [4.69, 9.17) is 4.98 Å². The molecule has 1 amide bonds. The van der Waals surface area contributed by atoms with Gasteiger partial charge < -0.3 is 9.80 Å². The number of carbonyl (C=O) groups excluding carboxylic acids is 1. The number of nitriles is 1. The zero-order valence-electron chi connectivity index (χ0n) is 22.0. The van der Waals surface area contributed by atoms with Crippen LogP contribution >= 0.6 is 0 Å². The van der Waals surface area contributed by atoms with Gasteiger partial charge in [-0.15, -0.1) is 0 Å². The third kappa shape index (κ3) is 4.77. The highest BCUT2D eigenvalue weighted by molar-refractivity contribution is 5.79. The maximum absolute atomic E-state index is 13.3. The molecule has 0 N–H and O–H groups in total. The first-order valence-corrected chi connectivity index (χ1v) is 14.1. The first kappa shape index (κ1) is 24.2. The number of pyridine rings is 2. The molecule has 0 spiro atoms. The molecule has 0 aromatic carbocycles. The highest BCUT2D eigenvalue weighted by Gasteiger charge is 2.42. The largest absolute Gasteiger partial charge is 0.352 e. The molecule has 4 fully saturated rings. The van der Waals surface area contributed by atoms with Crippen molar-refractivity contribution in [2.24, 2.45) is 11.8 Å². The Morgan fingerprint density at radius 2 is 1.97 bits per heavy atom. The van der Waals surface area contributed by atoms with Crippen molar-refractivity contribution in [3.63, 3.8) is 0 Å². The van der Waals surface area contributed by atoms with Crippen LogP contribution in [0.4, 0.5) is 5.82 Å². The fourth-order valence-corrected chi connectivity index (χ4v) is 6.58. The topological polar surface area (TPSA) is 73.1 Å². The Balaban J connectivity index is 1.32. The van der Waals surface area contributed by atoms with Crippen LogP contribution in [0.15, 0.2) is 24.9 Å². The normalized spacial score (nSPS) is 22.2. The van der Waals surface area contributed by atoms with E-state index in [2.05, 4.69) is 34.4 Å². The molecule has 1 aliphatic heterocycles. The minimum Gasteiger partial charge on any atom is -0.352 e. The minimum atomic E-state index is 0.232. The summed E-state index contributed by atoms with van der Waals surface area (Å²) in [6, 6.07) is 6.80. The monoisotopic (exact) mass is 495 g/mol. The number of carbonyl (C=O) groups is 1. The lowest BCUT2D eigenvalue weighted by Gasteiger charge is -2.43. The summed E-state index contributed by atoms with van der Waals surface area (Å²) in [5, 5.41) is 10.3. The Bertz CT molecular complexity index is 1250. The first-order chi connectivity index (χ1) is 18.1. The van der Waals surface area contributed by atoms with Crippen LogP contribution in [0.3, 0.4) is 0 Å². The molecule has 6 rings (SSSR count). The zero-order valence-corrected chi connectivity index (χ0v) is 22.0. The summed E-state index contributed by atoms with van der Waals surface area (Å²) in [7, 11) is 0. The van der Waals surface area contributed by atoms with E-state index in [0.717, 1.165) is 66.4 Å². The van der Waals surface area contributed by atoms with Crippen LogP contribution in [-0.2, 0) is 4.79 Å². The van der Waals surface area contributed by atoms with Crippen LogP contribution < -0.4 is 4.90 Å². The number of amides is 1. The van der Waals surface area contributed by atoms with Gasteiger partial charge in [0.1, 0.15) is 11.9 Å². The van der Waals surface area contributed by atoms with Crippen LogP contribution in [0.1, 0.15) is 86.2 Å². The fourth-order valence-electron chi connectivity index (χ4n) is 6.58. The van der Waals surface area contributed by atoms with Gasteiger partial charge in [0.2, 0.25) is 5.91 Å². The number of rotatable bonds is 7. The number of nitrogens with zero attached hydrogens (tertiary/aromatic N) is 5. The quantitative estimate of drug-likeness (QED) is 0.482. The third-order valence-corrected chi connectivity index (χ3v) is 8.95. The lowest BCUT2D eigenvalue weighted by molar-refractivity contribution is -0.135. The van der Waals surface area contributed by atoms with Gasteiger partial charge in [-0.25, -0.2) is 4.98 Å². The Kier molecular flexibility index (Phi) is 6.48. The molecule has 1 saturated heterocycles.